The van der Waals surface area contributed by atoms with Crippen LogP contribution >= 0.6 is 11.6 Å². The van der Waals surface area contributed by atoms with E-state index < -0.39 is 7.12 Å². The van der Waals surface area contributed by atoms with Crippen LogP contribution in [0.15, 0.2) is 23.3 Å². The van der Waals surface area contributed by atoms with Crippen molar-refractivity contribution in [3.05, 3.63) is 23.3 Å². The number of halogens is 1. The highest BCUT2D eigenvalue weighted by atomic mass is 35.5. The molecule has 4 heteroatoms. The van der Waals surface area contributed by atoms with Crippen LogP contribution in [-0.2, 0) is 0 Å². The van der Waals surface area contributed by atoms with Crippen molar-refractivity contribution in [2.24, 2.45) is 0 Å². The number of hydrogen-bond acceptors (Lipinski definition) is 2. The highest BCUT2D eigenvalue weighted by molar-refractivity contribution is 6.44. The van der Waals surface area contributed by atoms with Crippen molar-refractivity contribution in [3.8, 4) is 0 Å². The topological polar surface area (TPSA) is 40.5 Å². The second-order valence-electron chi connectivity index (χ2n) is 2.27. The summed E-state index contributed by atoms with van der Waals surface area (Å²) in [5.41, 5.74) is 0. The standard InChI is InChI=1S/C6H8BClO2/c8-6-3-1-2-5(4-6)7(9)10/h1,3-5,9-10H,2H2. The summed E-state index contributed by atoms with van der Waals surface area (Å²) in [6.07, 6.45) is 5.87. The molecule has 1 aliphatic carbocycles. The van der Waals surface area contributed by atoms with E-state index in [1.54, 1.807) is 12.2 Å². The maximum atomic E-state index is 8.71. The van der Waals surface area contributed by atoms with Crippen molar-refractivity contribution in [3.63, 3.8) is 0 Å². The Morgan fingerprint density at radius 2 is 2.30 bits per heavy atom. The molecule has 0 aliphatic heterocycles. The molecule has 0 spiro atoms. The third-order valence-corrected chi connectivity index (χ3v) is 1.69. The van der Waals surface area contributed by atoms with Crippen molar-refractivity contribution in [2.45, 2.75) is 12.2 Å². The van der Waals surface area contributed by atoms with E-state index in [1.807, 2.05) is 6.08 Å². The fourth-order valence-electron chi connectivity index (χ4n) is 0.874. The van der Waals surface area contributed by atoms with Crippen molar-refractivity contribution in [2.75, 3.05) is 0 Å². The summed E-state index contributed by atoms with van der Waals surface area (Å²) in [5.74, 6) is -0.238. The van der Waals surface area contributed by atoms with Crippen LogP contribution in [0.5, 0.6) is 0 Å². The largest absolute Gasteiger partial charge is 0.459 e. The van der Waals surface area contributed by atoms with E-state index in [1.165, 1.54) is 0 Å². The normalized spacial score (nSPS) is 24.3. The summed E-state index contributed by atoms with van der Waals surface area (Å²) in [5, 5.41) is 18.0. The monoisotopic (exact) mass is 158 g/mol. The van der Waals surface area contributed by atoms with Gasteiger partial charge in [0.15, 0.2) is 0 Å². The Morgan fingerprint density at radius 3 is 2.70 bits per heavy atom. The van der Waals surface area contributed by atoms with Gasteiger partial charge in [-0.1, -0.05) is 23.8 Å². The second kappa shape index (κ2) is 3.24. The van der Waals surface area contributed by atoms with Crippen LogP contribution < -0.4 is 0 Å². The van der Waals surface area contributed by atoms with E-state index in [0.717, 1.165) is 0 Å². The number of allylic oxidation sites excluding steroid dienone is 4. The summed E-state index contributed by atoms with van der Waals surface area (Å²) in [6, 6.07) is 0. The lowest BCUT2D eigenvalue weighted by atomic mass is 9.69. The summed E-state index contributed by atoms with van der Waals surface area (Å²) in [7, 11) is -1.29. The molecular formula is C6H8BClO2. The lowest BCUT2D eigenvalue weighted by Crippen LogP contribution is -2.19. The van der Waals surface area contributed by atoms with Crippen LogP contribution in [0.2, 0.25) is 5.82 Å². The van der Waals surface area contributed by atoms with Crippen molar-refractivity contribution in [1.82, 2.24) is 0 Å². The van der Waals surface area contributed by atoms with Gasteiger partial charge in [0.05, 0.1) is 0 Å². The minimum absolute atomic E-state index is 0.238. The van der Waals surface area contributed by atoms with Crippen molar-refractivity contribution < 1.29 is 10.0 Å². The predicted octanol–water partition coefficient (Wildman–Crippen LogP) is 0.912. The van der Waals surface area contributed by atoms with Gasteiger partial charge in [-0.15, -0.1) is 0 Å². The SMILES string of the molecule is OB(O)C1C=C(Cl)C=CC1. The minimum Gasteiger partial charge on any atom is -0.427 e. The van der Waals surface area contributed by atoms with Gasteiger partial charge in [0, 0.05) is 10.8 Å². The van der Waals surface area contributed by atoms with Crippen LogP contribution in [0.3, 0.4) is 0 Å². The molecule has 0 saturated carbocycles. The fraction of sp³-hybridized carbons (Fsp3) is 0.333. The van der Waals surface area contributed by atoms with Crippen molar-refractivity contribution in [1.29, 1.82) is 0 Å². The van der Waals surface area contributed by atoms with E-state index in [-0.39, 0.29) is 5.82 Å². The Morgan fingerprint density at radius 1 is 1.60 bits per heavy atom. The Bertz CT molecular complexity index is 177. The lowest BCUT2D eigenvalue weighted by Gasteiger charge is -2.11. The van der Waals surface area contributed by atoms with Gasteiger partial charge in [-0.3, -0.25) is 0 Å². The third kappa shape index (κ3) is 1.87. The van der Waals surface area contributed by atoms with E-state index in [4.69, 9.17) is 21.6 Å². The van der Waals surface area contributed by atoms with Gasteiger partial charge in [0.1, 0.15) is 0 Å². The molecule has 0 bridgehead atoms. The summed E-state index contributed by atoms with van der Waals surface area (Å²) < 4.78 is 0. The predicted molar refractivity (Wildman–Crippen MR) is 41.6 cm³/mol. The molecule has 1 aliphatic rings. The first kappa shape index (κ1) is 7.86. The highest BCUT2D eigenvalue weighted by Crippen LogP contribution is 2.24. The zero-order valence-corrected chi connectivity index (χ0v) is 6.12. The molecule has 1 atom stereocenters. The highest BCUT2D eigenvalue weighted by Gasteiger charge is 2.21. The maximum Gasteiger partial charge on any atom is 0.459 e. The van der Waals surface area contributed by atoms with Gasteiger partial charge in [0.25, 0.3) is 0 Å². The van der Waals surface area contributed by atoms with Crippen LogP contribution in [0.4, 0.5) is 0 Å². The van der Waals surface area contributed by atoms with E-state index in [2.05, 4.69) is 0 Å². The molecule has 0 aromatic rings. The molecular weight excluding hydrogens is 150 g/mol. The Labute approximate surface area is 65.0 Å². The zero-order valence-electron chi connectivity index (χ0n) is 5.37. The van der Waals surface area contributed by atoms with Gasteiger partial charge in [-0.05, 0) is 12.5 Å². The van der Waals surface area contributed by atoms with E-state index >= 15 is 0 Å². The Balaban J connectivity index is 2.60. The number of hydrogen-bond donors (Lipinski definition) is 2. The summed E-state index contributed by atoms with van der Waals surface area (Å²) >= 11 is 5.61. The van der Waals surface area contributed by atoms with Gasteiger partial charge in [-0.25, -0.2) is 0 Å². The summed E-state index contributed by atoms with van der Waals surface area (Å²) in [4.78, 5) is 0. The first-order chi connectivity index (χ1) is 4.70. The van der Waals surface area contributed by atoms with Crippen molar-refractivity contribution >= 4 is 18.7 Å². The Hall–Kier alpha value is -0.245. The van der Waals surface area contributed by atoms with E-state index in [9.17, 15) is 0 Å². The first-order valence-corrected chi connectivity index (χ1v) is 3.48. The van der Waals surface area contributed by atoms with Crippen LogP contribution in [0.25, 0.3) is 0 Å². The average Bonchev–Trinajstić information content (AvgIpc) is 1.88. The van der Waals surface area contributed by atoms with Gasteiger partial charge < -0.3 is 10.0 Å². The third-order valence-electron chi connectivity index (χ3n) is 1.44. The molecule has 10 heavy (non-hydrogen) atoms. The molecule has 0 amide bonds. The maximum absolute atomic E-state index is 8.71. The fourth-order valence-corrected chi connectivity index (χ4v) is 1.12. The minimum atomic E-state index is -1.29. The number of rotatable bonds is 1. The molecule has 0 radical (unpaired) electrons. The molecule has 2 nitrogen and oxygen atoms in total. The molecule has 0 aromatic heterocycles. The molecule has 0 saturated heterocycles. The van der Waals surface area contributed by atoms with Crippen LogP contribution in [0, 0.1) is 0 Å². The smallest absolute Gasteiger partial charge is 0.427 e. The van der Waals surface area contributed by atoms with Crippen LogP contribution in [-0.4, -0.2) is 17.2 Å². The van der Waals surface area contributed by atoms with E-state index in [0.29, 0.717) is 11.5 Å². The quantitative estimate of drug-likeness (QED) is 0.557. The Kier molecular flexibility index (Phi) is 2.54. The molecule has 1 unspecified atom stereocenters. The second-order valence-corrected chi connectivity index (χ2v) is 2.70. The lowest BCUT2D eigenvalue weighted by molar-refractivity contribution is 0.394. The zero-order chi connectivity index (χ0) is 7.56. The molecule has 0 heterocycles. The van der Waals surface area contributed by atoms with Gasteiger partial charge >= 0.3 is 7.12 Å². The molecule has 0 aromatic carbocycles. The molecule has 2 N–H and O–H groups in total. The summed E-state index contributed by atoms with van der Waals surface area (Å²) in [6.45, 7) is 0. The molecule has 54 valence electrons. The van der Waals surface area contributed by atoms with Gasteiger partial charge in [-0.2, -0.15) is 0 Å². The first-order valence-electron chi connectivity index (χ1n) is 3.10. The molecule has 1 rings (SSSR count). The van der Waals surface area contributed by atoms with Gasteiger partial charge in [0.2, 0.25) is 0 Å². The van der Waals surface area contributed by atoms with Crippen LogP contribution in [0.1, 0.15) is 6.42 Å². The molecule has 0 fully saturated rings. The average molecular weight is 158 g/mol.